The van der Waals surface area contributed by atoms with Crippen molar-refractivity contribution in [3.8, 4) is 5.75 Å². The van der Waals surface area contributed by atoms with Crippen molar-refractivity contribution < 1.29 is 9.53 Å². The number of halogens is 1. The number of nitrogens with one attached hydrogen (secondary N) is 1. The SMILES string of the molecule is O=C(COc1ccc2cc(Br)ccc2c1)NCc1nc2ccccc2s1. The Balaban J connectivity index is 1.34. The number of thiazole rings is 1. The van der Waals surface area contributed by atoms with E-state index in [-0.39, 0.29) is 12.5 Å². The van der Waals surface area contributed by atoms with Crippen LogP contribution in [0.25, 0.3) is 21.0 Å². The van der Waals surface area contributed by atoms with Crippen LogP contribution in [-0.2, 0) is 11.3 Å². The second kappa shape index (κ2) is 7.43. The van der Waals surface area contributed by atoms with E-state index in [1.807, 2.05) is 60.7 Å². The van der Waals surface area contributed by atoms with Crippen molar-refractivity contribution in [1.29, 1.82) is 0 Å². The maximum absolute atomic E-state index is 12.0. The highest BCUT2D eigenvalue weighted by atomic mass is 79.9. The fourth-order valence-corrected chi connectivity index (χ4v) is 3.94. The van der Waals surface area contributed by atoms with Crippen molar-refractivity contribution in [2.75, 3.05) is 6.61 Å². The predicted molar refractivity (Wildman–Crippen MR) is 109 cm³/mol. The third-order valence-electron chi connectivity index (χ3n) is 3.92. The molecule has 0 saturated heterocycles. The second-order valence-corrected chi connectivity index (χ2v) is 7.82. The number of rotatable bonds is 5. The topological polar surface area (TPSA) is 51.2 Å². The van der Waals surface area contributed by atoms with Gasteiger partial charge < -0.3 is 10.1 Å². The van der Waals surface area contributed by atoms with Crippen LogP contribution in [0.2, 0.25) is 0 Å². The first-order valence-electron chi connectivity index (χ1n) is 8.11. The highest BCUT2D eigenvalue weighted by molar-refractivity contribution is 9.10. The molecule has 6 heteroatoms. The van der Waals surface area contributed by atoms with Gasteiger partial charge in [0.25, 0.3) is 5.91 Å². The molecule has 0 radical (unpaired) electrons. The average Bonchev–Trinajstić information content (AvgIpc) is 3.07. The molecule has 0 aliphatic rings. The van der Waals surface area contributed by atoms with Crippen LogP contribution in [-0.4, -0.2) is 17.5 Å². The van der Waals surface area contributed by atoms with E-state index < -0.39 is 0 Å². The van der Waals surface area contributed by atoms with E-state index in [1.54, 1.807) is 11.3 Å². The van der Waals surface area contributed by atoms with Gasteiger partial charge in [-0.1, -0.05) is 40.2 Å². The zero-order chi connectivity index (χ0) is 17.9. The Morgan fingerprint density at radius 1 is 1.08 bits per heavy atom. The lowest BCUT2D eigenvalue weighted by Gasteiger charge is -2.08. The second-order valence-electron chi connectivity index (χ2n) is 5.79. The summed E-state index contributed by atoms with van der Waals surface area (Å²) in [6.07, 6.45) is 0. The van der Waals surface area contributed by atoms with E-state index in [1.165, 1.54) is 0 Å². The summed E-state index contributed by atoms with van der Waals surface area (Å²) < 4.78 is 7.77. The molecule has 0 unspecified atom stereocenters. The summed E-state index contributed by atoms with van der Waals surface area (Å²) >= 11 is 5.05. The van der Waals surface area contributed by atoms with Gasteiger partial charge in [-0.05, 0) is 47.2 Å². The van der Waals surface area contributed by atoms with Crippen LogP contribution in [0.1, 0.15) is 5.01 Å². The van der Waals surface area contributed by atoms with Crippen LogP contribution in [0.15, 0.2) is 65.1 Å². The van der Waals surface area contributed by atoms with Gasteiger partial charge in [-0.25, -0.2) is 4.98 Å². The number of nitrogens with zero attached hydrogens (tertiary/aromatic N) is 1. The quantitative estimate of drug-likeness (QED) is 0.493. The molecular weight excluding hydrogens is 412 g/mol. The van der Waals surface area contributed by atoms with Crippen molar-refractivity contribution in [2.24, 2.45) is 0 Å². The first-order valence-corrected chi connectivity index (χ1v) is 9.71. The molecule has 0 aliphatic heterocycles. The number of hydrogen-bond acceptors (Lipinski definition) is 4. The van der Waals surface area contributed by atoms with Gasteiger partial charge in [0.15, 0.2) is 6.61 Å². The van der Waals surface area contributed by atoms with Crippen molar-refractivity contribution >= 4 is 54.2 Å². The molecule has 26 heavy (non-hydrogen) atoms. The van der Waals surface area contributed by atoms with E-state index >= 15 is 0 Å². The number of amides is 1. The minimum atomic E-state index is -0.167. The van der Waals surface area contributed by atoms with Crippen molar-refractivity contribution in [3.05, 3.63) is 70.1 Å². The summed E-state index contributed by atoms with van der Waals surface area (Å²) in [5.74, 6) is 0.509. The monoisotopic (exact) mass is 426 g/mol. The van der Waals surface area contributed by atoms with Gasteiger partial charge in [-0.2, -0.15) is 0 Å². The first kappa shape index (κ1) is 17.0. The van der Waals surface area contributed by atoms with Crippen LogP contribution in [0.4, 0.5) is 0 Å². The summed E-state index contributed by atoms with van der Waals surface area (Å²) in [5.41, 5.74) is 0.959. The molecule has 0 spiro atoms. The van der Waals surface area contributed by atoms with E-state index in [0.29, 0.717) is 12.3 Å². The molecule has 0 fully saturated rings. The maximum Gasteiger partial charge on any atom is 0.258 e. The zero-order valence-electron chi connectivity index (χ0n) is 13.7. The van der Waals surface area contributed by atoms with Gasteiger partial charge in [0, 0.05) is 4.47 Å². The minimum Gasteiger partial charge on any atom is -0.484 e. The molecule has 0 saturated carbocycles. The Bertz CT molecular complexity index is 1060. The largest absolute Gasteiger partial charge is 0.484 e. The normalized spacial score (nSPS) is 11.0. The molecule has 4 aromatic rings. The molecule has 3 aromatic carbocycles. The summed E-state index contributed by atoms with van der Waals surface area (Å²) in [6, 6.07) is 19.8. The smallest absolute Gasteiger partial charge is 0.258 e. The van der Waals surface area contributed by atoms with Gasteiger partial charge in [-0.3, -0.25) is 4.79 Å². The Kier molecular flexibility index (Phi) is 4.86. The third-order valence-corrected chi connectivity index (χ3v) is 5.45. The molecule has 1 aromatic heterocycles. The molecule has 4 nitrogen and oxygen atoms in total. The standard InChI is InChI=1S/C20H15BrN2O2S/c21-15-7-5-14-10-16(8-6-13(14)9-15)25-12-19(24)22-11-20-23-17-3-1-2-4-18(17)26-20/h1-10H,11-12H2,(H,22,24). The Hall–Kier alpha value is -2.44. The number of carbonyl (C=O) groups excluding carboxylic acids is 1. The molecule has 1 amide bonds. The molecule has 0 atom stereocenters. The molecule has 4 rings (SSSR count). The van der Waals surface area contributed by atoms with Crippen molar-refractivity contribution in [2.45, 2.75) is 6.54 Å². The lowest BCUT2D eigenvalue weighted by atomic mass is 10.1. The van der Waals surface area contributed by atoms with Gasteiger partial charge in [-0.15, -0.1) is 11.3 Å². The van der Waals surface area contributed by atoms with Gasteiger partial charge in [0.1, 0.15) is 10.8 Å². The van der Waals surface area contributed by atoms with E-state index in [4.69, 9.17) is 4.74 Å². The van der Waals surface area contributed by atoms with Crippen LogP contribution in [0.3, 0.4) is 0 Å². The van der Waals surface area contributed by atoms with E-state index in [9.17, 15) is 4.79 Å². The summed E-state index contributed by atoms with van der Waals surface area (Å²) in [5, 5.41) is 5.93. The average molecular weight is 427 g/mol. The van der Waals surface area contributed by atoms with Crippen LogP contribution < -0.4 is 10.1 Å². The van der Waals surface area contributed by atoms with Crippen LogP contribution >= 0.6 is 27.3 Å². The number of hydrogen-bond donors (Lipinski definition) is 1. The summed E-state index contributed by atoms with van der Waals surface area (Å²) in [6.45, 7) is 0.389. The lowest BCUT2D eigenvalue weighted by molar-refractivity contribution is -0.123. The number of aromatic nitrogens is 1. The fourth-order valence-electron chi connectivity index (χ4n) is 2.65. The van der Waals surface area contributed by atoms with Gasteiger partial charge >= 0.3 is 0 Å². The van der Waals surface area contributed by atoms with Crippen LogP contribution in [0, 0.1) is 0 Å². The Morgan fingerprint density at radius 3 is 2.77 bits per heavy atom. The zero-order valence-corrected chi connectivity index (χ0v) is 16.1. The number of benzene rings is 3. The summed E-state index contributed by atoms with van der Waals surface area (Å²) in [7, 11) is 0. The number of para-hydroxylation sites is 1. The fraction of sp³-hybridized carbons (Fsp3) is 0.100. The van der Waals surface area contributed by atoms with Crippen molar-refractivity contribution in [1.82, 2.24) is 10.3 Å². The summed E-state index contributed by atoms with van der Waals surface area (Å²) in [4.78, 5) is 16.6. The van der Waals surface area contributed by atoms with Crippen molar-refractivity contribution in [3.63, 3.8) is 0 Å². The lowest BCUT2D eigenvalue weighted by Crippen LogP contribution is -2.28. The predicted octanol–water partition coefficient (Wildman–Crippen LogP) is 4.91. The highest BCUT2D eigenvalue weighted by Gasteiger charge is 2.07. The van der Waals surface area contributed by atoms with Gasteiger partial charge in [0.2, 0.25) is 0 Å². The molecule has 130 valence electrons. The van der Waals surface area contributed by atoms with E-state index in [0.717, 1.165) is 30.5 Å². The number of ether oxygens (including phenoxy) is 1. The molecule has 0 bridgehead atoms. The first-order chi connectivity index (χ1) is 12.7. The minimum absolute atomic E-state index is 0.0209. The van der Waals surface area contributed by atoms with E-state index in [2.05, 4.69) is 26.2 Å². The highest BCUT2D eigenvalue weighted by Crippen LogP contribution is 2.24. The number of carbonyl (C=O) groups is 1. The molecular formula is C20H15BrN2O2S. The van der Waals surface area contributed by atoms with Gasteiger partial charge in [0.05, 0.1) is 16.8 Å². The Labute approximate surface area is 162 Å². The Morgan fingerprint density at radius 2 is 1.88 bits per heavy atom. The molecule has 1 heterocycles. The van der Waals surface area contributed by atoms with Crippen LogP contribution in [0.5, 0.6) is 5.75 Å². The molecule has 1 N–H and O–H groups in total. The maximum atomic E-state index is 12.0. The number of fused-ring (bicyclic) bond motifs is 2. The third kappa shape index (κ3) is 3.86. The molecule has 0 aliphatic carbocycles.